The molecule has 0 spiro atoms. The lowest BCUT2D eigenvalue weighted by molar-refractivity contribution is 0.325. The van der Waals surface area contributed by atoms with Gasteiger partial charge >= 0.3 is 0 Å². The first-order chi connectivity index (χ1) is 7.64. The fourth-order valence-corrected chi connectivity index (χ4v) is 2.11. The van der Waals surface area contributed by atoms with Gasteiger partial charge in [0.1, 0.15) is 0 Å². The third-order valence-electron chi connectivity index (χ3n) is 4.86. The van der Waals surface area contributed by atoms with Crippen LogP contribution in [0.4, 0.5) is 0 Å². The summed E-state index contributed by atoms with van der Waals surface area (Å²) in [6.45, 7) is 22.4. The maximum absolute atomic E-state index is 4.14. The van der Waals surface area contributed by atoms with Crippen molar-refractivity contribution in [2.24, 2.45) is 17.3 Å². The summed E-state index contributed by atoms with van der Waals surface area (Å²) in [4.78, 5) is 0. The fourth-order valence-electron chi connectivity index (χ4n) is 2.11. The van der Waals surface area contributed by atoms with Crippen LogP contribution >= 0.6 is 0 Å². The van der Waals surface area contributed by atoms with Gasteiger partial charge < -0.3 is 0 Å². The molecule has 0 amide bonds. The lowest BCUT2D eigenvalue weighted by Gasteiger charge is -2.34. The minimum absolute atomic E-state index is 0.195. The molecule has 2 unspecified atom stereocenters. The van der Waals surface area contributed by atoms with E-state index in [1.807, 2.05) is 0 Å². The molecule has 0 aromatic carbocycles. The molecule has 17 heavy (non-hydrogen) atoms. The zero-order valence-corrected chi connectivity index (χ0v) is 13.3. The quantitative estimate of drug-likeness (QED) is 0.496. The summed E-state index contributed by atoms with van der Waals surface area (Å²) >= 11 is 0. The minimum Gasteiger partial charge on any atom is -0.0996 e. The Morgan fingerprint density at radius 3 is 1.94 bits per heavy atom. The van der Waals surface area contributed by atoms with Crippen LogP contribution in [0.5, 0.6) is 0 Å². The topological polar surface area (TPSA) is 0 Å². The van der Waals surface area contributed by atoms with E-state index in [4.69, 9.17) is 0 Å². The Morgan fingerprint density at radius 2 is 1.59 bits per heavy atom. The Bertz CT molecular complexity index is 291. The highest BCUT2D eigenvalue weighted by Gasteiger charge is 2.28. The fraction of sp³-hybridized carbons (Fsp3) is 0.765. The SMILES string of the molecule is C=C(C)C(C)(C)C(C)/C(C)=C(/C)CC(C)CC. The van der Waals surface area contributed by atoms with E-state index in [0.29, 0.717) is 5.92 Å². The largest absolute Gasteiger partial charge is 0.0996 e. The van der Waals surface area contributed by atoms with E-state index in [2.05, 4.69) is 62.0 Å². The standard InChI is InChI=1S/C17H32/c1-10-13(4)11-14(5)15(6)16(7)17(8,9)12(2)3/h13,16H,2,10-11H2,1,3-9H3/b15-14-. The van der Waals surface area contributed by atoms with Crippen molar-refractivity contribution in [3.05, 3.63) is 23.3 Å². The van der Waals surface area contributed by atoms with Crippen molar-refractivity contribution in [1.29, 1.82) is 0 Å². The van der Waals surface area contributed by atoms with Crippen LogP contribution in [-0.4, -0.2) is 0 Å². The molecule has 0 aliphatic carbocycles. The Kier molecular flexibility index (Phi) is 6.23. The van der Waals surface area contributed by atoms with E-state index in [0.717, 1.165) is 5.92 Å². The van der Waals surface area contributed by atoms with Gasteiger partial charge in [0.15, 0.2) is 0 Å². The molecular weight excluding hydrogens is 204 g/mol. The molecule has 0 heteroatoms. The summed E-state index contributed by atoms with van der Waals surface area (Å²) in [5.41, 5.74) is 4.60. The van der Waals surface area contributed by atoms with Crippen LogP contribution in [0.2, 0.25) is 0 Å². The van der Waals surface area contributed by atoms with Gasteiger partial charge in [0, 0.05) is 0 Å². The highest BCUT2D eigenvalue weighted by Crippen LogP contribution is 2.39. The van der Waals surface area contributed by atoms with Crippen LogP contribution in [0.25, 0.3) is 0 Å². The van der Waals surface area contributed by atoms with E-state index in [1.165, 1.54) is 18.4 Å². The maximum Gasteiger partial charge on any atom is -0.00874 e. The van der Waals surface area contributed by atoms with Gasteiger partial charge in [-0.15, -0.1) is 0 Å². The molecule has 0 heterocycles. The first-order valence-corrected chi connectivity index (χ1v) is 6.96. The van der Waals surface area contributed by atoms with E-state index in [9.17, 15) is 0 Å². The van der Waals surface area contributed by atoms with Crippen molar-refractivity contribution in [3.8, 4) is 0 Å². The first-order valence-electron chi connectivity index (χ1n) is 6.96. The zero-order chi connectivity index (χ0) is 13.8. The third-order valence-corrected chi connectivity index (χ3v) is 4.86. The van der Waals surface area contributed by atoms with Crippen LogP contribution < -0.4 is 0 Å². The van der Waals surface area contributed by atoms with Gasteiger partial charge in [-0.05, 0) is 44.4 Å². The van der Waals surface area contributed by atoms with Crippen molar-refractivity contribution in [3.63, 3.8) is 0 Å². The third kappa shape index (κ3) is 4.33. The normalized spacial score (nSPS) is 17.4. The second kappa shape index (κ2) is 6.42. The summed E-state index contributed by atoms with van der Waals surface area (Å²) in [7, 11) is 0. The molecule has 0 saturated carbocycles. The smallest absolute Gasteiger partial charge is 0.00874 e. The van der Waals surface area contributed by atoms with Crippen LogP contribution in [0.3, 0.4) is 0 Å². The number of rotatable bonds is 6. The molecule has 0 nitrogen and oxygen atoms in total. The summed E-state index contributed by atoms with van der Waals surface area (Å²) < 4.78 is 0. The van der Waals surface area contributed by atoms with Crippen molar-refractivity contribution in [2.75, 3.05) is 0 Å². The monoisotopic (exact) mass is 236 g/mol. The maximum atomic E-state index is 4.14. The number of hydrogen-bond acceptors (Lipinski definition) is 0. The molecular formula is C17H32. The average Bonchev–Trinajstić information content (AvgIpc) is 2.26. The van der Waals surface area contributed by atoms with E-state index >= 15 is 0 Å². The van der Waals surface area contributed by atoms with E-state index in [1.54, 1.807) is 11.1 Å². The molecule has 0 rings (SSSR count). The van der Waals surface area contributed by atoms with Gasteiger partial charge in [0.2, 0.25) is 0 Å². The number of hydrogen-bond donors (Lipinski definition) is 0. The number of allylic oxidation sites excluding steroid dienone is 3. The lowest BCUT2D eigenvalue weighted by Crippen LogP contribution is -2.24. The highest BCUT2D eigenvalue weighted by atomic mass is 14.3. The highest BCUT2D eigenvalue weighted by molar-refractivity contribution is 5.20. The van der Waals surface area contributed by atoms with Crippen LogP contribution in [-0.2, 0) is 0 Å². The zero-order valence-electron chi connectivity index (χ0n) is 13.3. The minimum atomic E-state index is 0.195. The average molecular weight is 236 g/mol. The van der Waals surface area contributed by atoms with Crippen LogP contribution in [0.1, 0.15) is 68.2 Å². The van der Waals surface area contributed by atoms with Crippen molar-refractivity contribution in [2.45, 2.75) is 68.2 Å². The first kappa shape index (κ1) is 16.5. The summed E-state index contributed by atoms with van der Waals surface area (Å²) in [5, 5.41) is 0. The van der Waals surface area contributed by atoms with Gasteiger partial charge in [-0.25, -0.2) is 0 Å². The van der Waals surface area contributed by atoms with Gasteiger partial charge in [-0.2, -0.15) is 0 Å². The van der Waals surface area contributed by atoms with Crippen molar-refractivity contribution in [1.82, 2.24) is 0 Å². The van der Waals surface area contributed by atoms with E-state index in [-0.39, 0.29) is 5.41 Å². The Morgan fingerprint density at radius 1 is 1.12 bits per heavy atom. The van der Waals surface area contributed by atoms with Gasteiger partial charge in [0.05, 0.1) is 0 Å². The summed E-state index contributed by atoms with van der Waals surface area (Å²) in [5.74, 6) is 1.37. The molecule has 0 aliphatic heterocycles. The second-order valence-corrected chi connectivity index (χ2v) is 6.40. The van der Waals surface area contributed by atoms with Crippen LogP contribution in [0, 0.1) is 17.3 Å². The molecule has 0 fully saturated rings. The molecule has 0 aromatic heterocycles. The molecule has 100 valence electrons. The second-order valence-electron chi connectivity index (χ2n) is 6.40. The Hall–Kier alpha value is -0.520. The Labute approximate surface area is 109 Å². The molecule has 0 aromatic rings. The molecule has 2 atom stereocenters. The van der Waals surface area contributed by atoms with Crippen LogP contribution in [0.15, 0.2) is 23.3 Å². The van der Waals surface area contributed by atoms with Gasteiger partial charge in [0.25, 0.3) is 0 Å². The Balaban J connectivity index is 4.96. The summed E-state index contributed by atoms with van der Waals surface area (Å²) in [6, 6.07) is 0. The molecule has 0 saturated heterocycles. The molecule has 0 radical (unpaired) electrons. The summed E-state index contributed by atoms with van der Waals surface area (Å²) in [6.07, 6.45) is 2.50. The molecule has 0 aliphatic rings. The lowest BCUT2D eigenvalue weighted by atomic mass is 9.70. The molecule has 0 N–H and O–H groups in total. The van der Waals surface area contributed by atoms with E-state index < -0.39 is 0 Å². The van der Waals surface area contributed by atoms with Gasteiger partial charge in [-0.1, -0.05) is 64.3 Å². The van der Waals surface area contributed by atoms with Crippen molar-refractivity contribution >= 4 is 0 Å². The predicted octanol–water partition coefficient (Wildman–Crippen LogP) is 6.00. The molecule has 0 bridgehead atoms. The predicted molar refractivity (Wildman–Crippen MR) is 80.2 cm³/mol. The van der Waals surface area contributed by atoms with Crippen molar-refractivity contribution < 1.29 is 0 Å². The van der Waals surface area contributed by atoms with Gasteiger partial charge in [-0.3, -0.25) is 0 Å².